The van der Waals surface area contributed by atoms with E-state index >= 15 is 0 Å². The number of aliphatic carboxylic acids is 1. The van der Waals surface area contributed by atoms with Crippen LogP contribution in [-0.4, -0.2) is 92.8 Å². The summed E-state index contributed by atoms with van der Waals surface area (Å²) in [7, 11) is -5.03. The summed E-state index contributed by atoms with van der Waals surface area (Å²) in [6.07, 6.45) is 2.45. The molecule has 0 bridgehead atoms. The lowest BCUT2D eigenvalue weighted by Gasteiger charge is -2.50. The third-order valence-corrected chi connectivity index (χ3v) is 10.6. The predicted molar refractivity (Wildman–Crippen MR) is 174 cm³/mol. The second-order valence-corrected chi connectivity index (χ2v) is 15.3. The van der Waals surface area contributed by atoms with E-state index in [9.17, 15) is 27.9 Å². The summed E-state index contributed by atoms with van der Waals surface area (Å²) in [4.78, 5) is 53.0. The molecule has 6 rings (SSSR count). The van der Waals surface area contributed by atoms with E-state index in [2.05, 4.69) is 24.7 Å². The molecule has 9 N–H and O–H groups in total. The minimum absolute atomic E-state index is 0.0604. The van der Waals surface area contributed by atoms with Crippen LogP contribution in [0.4, 0.5) is 5.13 Å². The second kappa shape index (κ2) is 11.9. The number of carboxylic acid groups (broad SMARTS) is 1. The van der Waals surface area contributed by atoms with E-state index in [0.717, 1.165) is 41.7 Å². The van der Waals surface area contributed by atoms with E-state index < -0.39 is 57.2 Å². The normalized spacial score (nSPS) is 28.8. The van der Waals surface area contributed by atoms with Gasteiger partial charge >= 0.3 is 16.4 Å². The lowest BCUT2D eigenvalue weighted by Crippen LogP contribution is -2.76. The second-order valence-electron chi connectivity index (χ2n) is 13.4. The molecule has 2 amide bonds. The number of amidine groups is 1. The van der Waals surface area contributed by atoms with Gasteiger partial charge in [0.1, 0.15) is 23.3 Å². The van der Waals surface area contributed by atoms with E-state index in [1.807, 2.05) is 6.07 Å². The molecule has 2 saturated carbocycles. The van der Waals surface area contributed by atoms with Crippen LogP contribution in [0.3, 0.4) is 0 Å². The number of β-lactam (4-membered cyclic amide) rings is 1. The number of thiazole rings is 1. The standard InChI is InChI=1S/C29H36N8O10S2/c1-27(2)21(24(39)37(27)47-49(42,43)44)35-23(38)20(16-12-48-26(32)34-16)36-46-28(3,25(40)41)19-7-5-13-8-14(4-6-17(13)45-19)22(31)33-15-9-29(10-15)11-18(29)30/h4,6,8,12,15,18-19,21H,5,7,9-11,30H2,1-3H3,(H2,31,33)(H2,32,34)(H,35,38)(H,40,41)(H,42,43,44)/b36-20-/t15?,18-,19-,21-,28+,29?/m1/s1. The van der Waals surface area contributed by atoms with Gasteiger partial charge in [-0.05, 0) is 82.1 Å². The minimum Gasteiger partial charge on any atom is -0.485 e. The van der Waals surface area contributed by atoms with Gasteiger partial charge in [-0.15, -0.1) is 15.6 Å². The fourth-order valence-electron chi connectivity index (χ4n) is 6.42. The number of hydroxylamine groups is 2. The van der Waals surface area contributed by atoms with Crippen molar-refractivity contribution in [3.8, 4) is 5.75 Å². The molecule has 20 heteroatoms. The number of hydrogen-bond donors (Lipinski definition) is 6. The number of aliphatic imine (C=N–C) groups is 1. The van der Waals surface area contributed by atoms with Crippen LogP contribution in [0, 0.1) is 5.41 Å². The highest BCUT2D eigenvalue weighted by molar-refractivity contribution is 7.80. The van der Waals surface area contributed by atoms with Crippen LogP contribution in [0.1, 0.15) is 63.3 Å². The number of carboxylic acids is 1. The number of oxime groups is 1. The molecule has 49 heavy (non-hydrogen) atoms. The van der Waals surface area contributed by atoms with Gasteiger partial charge in [0.2, 0.25) is 0 Å². The lowest BCUT2D eigenvalue weighted by atomic mass is 9.76. The third kappa shape index (κ3) is 6.41. The number of aromatic nitrogens is 1. The summed E-state index contributed by atoms with van der Waals surface area (Å²) >= 11 is 0.966. The maximum absolute atomic E-state index is 13.5. The number of nitrogens with zero attached hydrogens (tertiary/aromatic N) is 4. The first-order valence-electron chi connectivity index (χ1n) is 15.2. The first kappa shape index (κ1) is 34.5. The summed E-state index contributed by atoms with van der Waals surface area (Å²) in [6.45, 7) is 3.99. The Kier molecular flexibility index (Phi) is 8.38. The Hall–Kier alpha value is -4.37. The Morgan fingerprint density at radius 2 is 1.96 bits per heavy atom. The number of benzene rings is 1. The molecule has 4 atom stereocenters. The highest BCUT2D eigenvalue weighted by atomic mass is 32.3. The molecule has 3 heterocycles. The quantitative estimate of drug-likeness (QED) is 0.0591. The number of hydrogen-bond acceptors (Lipinski definition) is 14. The number of nitrogens with two attached hydrogens (primary N) is 3. The Balaban J connectivity index is 1.18. The van der Waals surface area contributed by atoms with E-state index in [0.29, 0.717) is 23.1 Å². The van der Waals surface area contributed by atoms with E-state index in [-0.39, 0.29) is 34.7 Å². The summed E-state index contributed by atoms with van der Waals surface area (Å²) < 4.78 is 41.7. The molecule has 4 aliphatic rings. The maximum atomic E-state index is 13.5. The van der Waals surface area contributed by atoms with Crippen LogP contribution in [0.5, 0.6) is 5.75 Å². The van der Waals surface area contributed by atoms with Gasteiger partial charge < -0.3 is 37.2 Å². The van der Waals surface area contributed by atoms with Crippen LogP contribution in [0.2, 0.25) is 0 Å². The van der Waals surface area contributed by atoms with Crippen LogP contribution in [0.15, 0.2) is 33.7 Å². The predicted octanol–water partition coefficient (Wildman–Crippen LogP) is 0.108. The van der Waals surface area contributed by atoms with Gasteiger partial charge in [0.15, 0.2) is 16.9 Å². The first-order valence-corrected chi connectivity index (χ1v) is 17.5. The fraction of sp³-hybridized carbons (Fsp3) is 0.517. The molecule has 18 nitrogen and oxygen atoms in total. The molecule has 0 unspecified atom stereocenters. The molecule has 0 radical (unpaired) electrons. The van der Waals surface area contributed by atoms with E-state index in [4.69, 9.17) is 31.3 Å². The van der Waals surface area contributed by atoms with Gasteiger partial charge in [-0.1, -0.05) is 5.16 Å². The average molecular weight is 721 g/mol. The van der Waals surface area contributed by atoms with E-state index in [1.165, 1.54) is 26.2 Å². The van der Waals surface area contributed by atoms with Crippen molar-refractivity contribution in [3.63, 3.8) is 0 Å². The average Bonchev–Trinajstić information content (AvgIpc) is 3.50. The van der Waals surface area contributed by atoms with Crippen molar-refractivity contribution in [1.82, 2.24) is 15.4 Å². The monoisotopic (exact) mass is 720 g/mol. The number of carbonyl (C=O) groups is 3. The summed E-state index contributed by atoms with van der Waals surface area (Å²) in [5.41, 5.74) is 15.7. The van der Waals surface area contributed by atoms with Gasteiger partial charge in [0.05, 0.1) is 11.6 Å². The lowest BCUT2D eigenvalue weighted by molar-refractivity contribution is -0.218. The molecule has 1 spiro atoms. The zero-order valence-corrected chi connectivity index (χ0v) is 28.3. The molecule has 3 fully saturated rings. The Labute approximate surface area is 284 Å². The van der Waals surface area contributed by atoms with Crippen LogP contribution >= 0.6 is 11.3 Å². The van der Waals surface area contributed by atoms with Crippen molar-refractivity contribution in [2.24, 2.45) is 27.0 Å². The number of aryl methyl sites for hydroxylation is 1. The summed E-state index contributed by atoms with van der Waals surface area (Å²) in [5.74, 6) is -2.61. The van der Waals surface area contributed by atoms with Crippen molar-refractivity contribution in [1.29, 1.82) is 0 Å². The SMILES string of the molecule is CC1(C)[C@H](NC(=O)/C(=N\O[C@](C)(C(=O)O)[C@H]2CCc3cc(C(N)=NC4CC5(C4)C[C@H]5N)ccc3O2)c2csc(N)n2)C(=O)N1OS(=O)(=O)O. The van der Waals surface area contributed by atoms with Gasteiger partial charge in [0.25, 0.3) is 17.4 Å². The molecular weight excluding hydrogens is 684 g/mol. The summed E-state index contributed by atoms with van der Waals surface area (Å²) in [6, 6.07) is 4.35. The summed E-state index contributed by atoms with van der Waals surface area (Å²) in [5, 5.41) is 18.4. The third-order valence-electron chi connectivity index (χ3n) is 9.63. The zero-order chi connectivity index (χ0) is 35.7. The highest BCUT2D eigenvalue weighted by Crippen LogP contribution is 2.60. The molecule has 2 aliphatic heterocycles. The Morgan fingerprint density at radius 1 is 1.27 bits per heavy atom. The molecule has 1 aromatic heterocycles. The number of nitrogen functional groups attached to an aromatic ring is 1. The first-order chi connectivity index (χ1) is 22.8. The molecule has 2 aliphatic carbocycles. The molecule has 1 aromatic carbocycles. The maximum Gasteiger partial charge on any atom is 0.418 e. The van der Waals surface area contributed by atoms with Gasteiger partial charge in [0, 0.05) is 17.0 Å². The van der Waals surface area contributed by atoms with Crippen molar-refractivity contribution >= 4 is 56.2 Å². The molecular formula is C29H36N8O10S2. The fourth-order valence-corrected chi connectivity index (χ4v) is 7.42. The number of rotatable bonds is 11. The Bertz CT molecular complexity index is 1890. The van der Waals surface area contributed by atoms with Crippen molar-refractivity contribution in [2.75, 3.05) is 5.73 Å². The number of anilines is 1. The minimum atomic E-state index is -5.03. The van der Waals surface area contributed by atoms with Crippen molar-refractivity contribution in [2.45, 2.75) is 88.2 Å². The molecule has 264 valence electrons. The van der Waals surface area contributed by atoms with Gasteiger partial charge in [-0.25, -0.2) is 9.78 Å². The zero-order valence-electron chi connectivity index (χ0n) is 26.7. The molecule has 1 saturated heterocycles. The number of nitrogens with one attached hydrogen (secondary N) is 1. The van der Waals surface area contributed by atoms with Crippen molar-refractivity contribution < 1.29 is 46.3 Å². The topological polar surface area (TPSA) is 284 Å². The van der Waals surface area contributed by atoms with Crippen LogP contribution in [0.25, 0.3) is 0 Å². The Morgan fingerprint density at radius 3 is 2.53 bits per heavy atom. The number of fused-ring (bicyclic) bond motifs is 1. The van der Waals surface area contributed by atoms with Crippen LogP contribution in [-0.2, 0) is 40.3 Å². The number of ether oxygens (including phenoxy) is 1. The molecule has 2 aromatic rings. The smallest absolute Gasteiger partial charge is 0.418 e. The number of carbonyl (C=O) groups excluding carboxylic acids is 2. The van der Waals surface area contributed by atoms with E-state index in [1.54, 1.807) is 12.1 Å². The number of amides is 2. The largest absolute Gasteiger partial charge is 0.485 e. The van der Waals surface area contributed by atoms with Gasteiger partial charge in [-0.3, -0.25) is 19.1 Å². The highest BCUT2D eigenvalue weighted by Gasteiger charge is 2.60. The van der Waals surface area contributed by atoms with Crippen LogP contribution < -0.4 is 27.3 Å². The van der Waals surface area contributed by atoms with Gasteiger partial charge in [-0.2, -0.15) is 13.5 Å². The van der Waals surface area contributed by atoms with Crippen molar-refractivity contribution in [3.05, 3.63) is 40.4 Å².